The van der Waals surface area contributed by atoms with Gasteiger partial charge in [0.05, 0.1) is 5.97 Å². The predicted octanol–water partition coefficient (Wildman–Crippen LogP) is 3.71. The zero-order valence-corrected chi connectivity index (χ0v) is 18.4. The minimum Gasteiger partial charge on any atom is -0.546 e. The maximum Gasteiger partial charge on any atom is 0.128 e. The molecule has 0 saturated heterocycles. The number of carboxylic acids is 1. The summed E-state index contributed by atoms with van der Waals surface area (Å²) in [6.07, 6.45) is 3.66. The highest BCUT2D eigenvalue weighted by molar-refractivity contribution is 5.66. The summed E-state index contributed by atoms with van der Waals surface area (Å²) in [7, 11) is 0. The van der Waals surface area contributed by atoms with Crippen LogP contribution in [0.3, 0.4) is 0 Å². The number of rotatable bonds is 9. The number of ether oxygens (including phenoxy) is 1. The quantitative estimate of drug-likeness (QED) is 0.531. The number of nitrogens with zero attached hydrogens (tertiary/aromatic N) is 2. The van der Waals surface area contributed by atoms with Gasteiger partial charge in [0.2, 0.25) is 0 Å². The zero-order valence-electron chi connectivity index (χ0n) is 18.4. The van der Waals surface area contributed by atoms with E-state index in [9.17, 15) is 9.90 Å². The van der Waals surface area contributed by atoms with Gasteiger partial charge in [0.25, 0.3) is 0 Å². The molecule has 2 aromatic carbocycles. The Balaban J connectivity index is 1.77. The molecule has 0 radical (unpaired) electrons. The first-order chi connectivity index (χ1) is 14.8. The highest BCUT2D eigenvalue weighted by Crippen LogP contribution is 2.23. The van der Waals surface area contributed by atoms with Crippen LogP contribution in [0.4, 0.5) is 0 Å². The van der Waals surface area contributed by atoms with E-state index in [1.54, 1.807) is 12.3 Å². The summed E-state index contributed by atoms with van der Waals surface area (Å²) < 4.78 is 5.28. The Bertz CT molecular complexity index is 980. The Hall–Kier alpha value is -3.18. The lowest BCUT2D eigenvalue weighted by Gasteiger charge is -2.24. The monoisotopic (exact) mass is 417 g/mol. The van der Waals surface area contributed by atoms with Gasteiger partial charge in [0.15, 0.2) is 0 Å². The van der Waals surface area contributed by atoms with Gasteiger partial charge in [-0.1, -0.05) is 63.2 Å². The average Bonchev–Trinajstić information content (AvgIpc) is 2.73. The maximum absolute atomic E-state index is 10.7. The van der Waals surface area contributed by atoms with E-state index in [-0.39, 0.29) is 5.41 Å². The van der Waals surface area contributed by atoms with Crippen LogP contribution in [-0.2, 0) is 29.8 Å². The average molecular weight is 418 g/mol. The fourth-order valence-electron chi connectivity index (χ4n) is 3.42. The van der Waals surface area contributed by atoms with Crippen LogP contribution in [-0.4, -0.2) is 22.5 Å². The number of aliphatic carboxylic acids is 1. The van der Waals surface area contributed by atoms with E-state index in [0.717, 1.165) is 24.2 Å². The lowest BCUT2D eigenvalue weighted by molar-refractivity contribution is -0.307. The van der Waals surface area contributed by atoms with Crippen LogP contribution in [0.5, 0.6) is 5.75 Å². The Labute approximate surface area is 184 Å². The molecule has 0 spiro atoms. The lowest BCUT2D eigenvalue weighted by atomic mass is 9.87. The summed E-state index contributed by atoms with van der Waals surface area (Å²) in [6, 6.07) is 20.3. The van der Waals surface area contributed by atoms with Crippen molar-refractivity contribution in [3.8, 4) is 5.75 Å². The van der Waals surface area contributed by atoms with E-state index in [0.29, 0.717) is 12.3 Å². The molecular formula is C26H29N2O3-. The number of carboxylic acid groups (broad SMARTS) is 1. The van der Waals surface area contributed by atoms with Crippen LogP contribution in [0.25, 0.3) is 0 Å². The van der Waals surface area contributed by atoms with Crippen molar-refractivity contribution in [3.63, 3.8) is 0 Å². The number of benzene rings is 2. The van der Waals surface area contributed by atoms with Crippen LogP contribution in [0.15, 0.2) is 73.1 Å². The van der Waals surface area contributed by atoms with Gasteiger partial charge < -0.3 is 14.6 Å². The Kier molecular flexibility index (Phi) is 7.42. The Morgan fingerprint density at radius 3 is 2.26 bits per heavy atom. The van der Waals surface area contributed by atoms with Gasteiger partial charge in [-0.3, -0.25) is 9.88 Å². The van der Waals surface area contributed by atoms with E-state index in [4.69, 9.17) is 4.74 Å². The van der Waals surface area contributed by atoms with Gasteiger partial charge in [-0.25, -0.2) is 0 Å². The molecule has 0 amide bonds. The van der Waals surface area contributed by atoms with E-state index >= 15 is 0 Å². The summed E-state index contributed by atoms with van der Waals surface area (Å²) in [5, 5.41) is 10.7. The highest BCUT2D eigenvalue weighted by Gasteiger charge is 2.14. The van der Waals surface area contributed by atoms with Gasteiger partial charge in [-0.15, -0.1) is 0 Å². The second kappa shape index (κ2) is 10.2. The van der Waals surface area contributed by atoms with Crippen molar-refractivity contribution in [2.75, 3.05) is 6.61 Å². The predicted molar refractivity (Wildman–Crippen MR) is 119 cm³/mol. The van der Waals surface area contributed by atoms with Crippen LogP contribution < -0.4 is 9.84 Å². The number of hydrogen-bond acceptors (Lipinski definition) is 5. The number of aromatic nitrogens is 1. The van der Waals surface area contributed by atoms with Gasteiger partial charge in [0.1, 0.15) is 12.4 Å². The molecule has 0 atom stereocenters. The number of carbonyl (C=O) groups excluding carboxylic acids is 1. The molecule has 0 fully saturated rings. The Morgan fingerprint density at radius 1 is 0.935 bits per heavy atom. The summed E-state index contributed by atoms with van der Waals surface area (Å²) in [6.45, 7) is 8.41. The highest BCUT2D eigenvalue weighted by atomic mass is 16.5. The molecule has 1 aromatic heterocycles. The summed E-state index contributed by atoms with van der Waals surface area (Å²) >= 11 is 0. The summed E-state index contributed by atoms with van der Waals surface area (Å²) in [4.78, 5) is 17.2. The normalized spacial score (nSPS) is 11.5. The van der Waals surface area contributed by atoms with Crippen molar-refractivity contribution in [2.45, 2.75) is 45.8 Å². The topological polar surface area (TPSA) is 65.5 Å². The third kappa shape index (κ3) is 7.23. The zero-order chi connectivity index (χ0) is 22.3. The Morgan fingerprint density at radius 2 is 1.61 bits per heavy atom. The standard InChI is InChI=1S/C26H30N2O3/c1-26(2,3)23-11-9-20(10-12-23)16-28(18-22-7-5-13-27-15-22)17-21-6-4-8-24(14-21)31-19-25(29)30/h4-15H,16-19H2,1-3H3,(H,29,30)/p-1. The molecule has 31 heavy (non-hydrogen) atoms. The number of carbonyl (C=O) groups is 1. The molecule has 0 bridgehead atoms. The largest absolute Gasteiger partial charge is 0.546 e. The molecule has 0 N–H and O–H groups in total. The van der Waals surface area contributed by atoms with Gasteiger partial charge in [-0.05, 0) is 45.9 Å². The molecule has 162 valence electrons. The van der Waals surface area contributed by atoms with Crippen molar-refractivity contribution in [1.29, 1.82) is 0 Å². The summed E-state index contributed by atoms with van der Waals surface area (Å²) in [5.74, 6) is -0.708. The van der Waals surface area contributed by atoms with Crippen LogP contribution in [0, 0.1) is 0 Å². The molecule has 0 aliphatic carbocycles. The third-order valence-electron chi connectivity index (χ3n) is 5.02. The number of pyridine rings is 1. The minimum atomic E-state index is -1.23. The van der Waals surface area contributed by atoms with Crippen molar-refractivity contribution in [2.24, 2.45) is 0 Å². The SMILES string of the molecule is CC(C)(C)c1ccc(CN(Cc2cccnc2)Cc2cccc(OCC(=O)[O-])c2)cc1. The third-order valence-corrected chi connectivity index (χ3v) is 5.02. The first-order valence-corrected chi connectivity index (χ1v) is 10.4. The molecule has 3 aromatic rings. The smallest absolute Gasteiger partial charge is 0.128 e. The van der Waals surface area contributed by atoms with E-state index < -0.39 is 12.6 Å². The minimum absolute atomic E-state index is 0.125. The van der Waals surface area contributed by atoms with Crippen LogP contribution in [0.1, 0.15) is 43.0 Å². The van der Waals surface area contributed by atoms with Crippen molar-refractivity contribution in [1.82, 2.24) is 9.88 Å². The molecular weight excluding hydrogens is 388 g/mol. The van der Waals surface area contributed by atoms with Gasteiger partial charge in [0, 0.05) is 32.0 Å². The molecule has 0 aliphatic heterocycles. The molecule has 5 heteroatoms. The van der Waals surface area contributed by atoms with Crippen LogP contribution >= 0.6 is 0 Å². The first kappa shape index (κ1) is 22.5. The molecule has 0 unspecified atom stereocenters. The van der Waals surface area contributed by atoms with E-state index in [1.165, 1.54) is 11.1 Å². The van der Waals surface area contributed by atoms with Crippen molar-refractivity contribution in [3.05, 3.63) is 95.3 Å². The summed E-state index contributed by atoms with van der Waals surface area (Å²) in [5.41, 5.74) is 4.86. The second-order valence-electron chi connectivity index (χ2n) is 8.76. The second-order valence-corrected chi connectivity index (χ2v) is 8.76. The molecule has 5 nitrogen and oxygen atoms in total. The van der Waals surface area contributed by atoms with Crippen molar-refractivity contribution < 1.29 is 14.6 Å². The van der Waals surface area contributed by atoms with Gasteiger partial charge in [-0.2, -0.15) is 0 Å². The van der Waals surface area contributed by atoms with E-state index in [1.807, 2.05) is 30.5 Å². The fraction of sp³-hybridized carbons (Fsp3) is 0.308. The number of hydrogen-bond donors (Lipinski definition) is 0. The van der Waals surface area contributed by atoms with Crippen LogP contribution in [0.2, 0.25) is 0 Å². The lowest BCUT2D eigenvalue weighted by Crippen LogP contribution is -2.29. The van der Waals surface area contributed by atoms with Crippen molar-refractivity contribution >= 4 is 5.97 Å². The maximum atomic E-state index is 10.7. The molecule has 1 heterocycles. The first-order valence-electron chi connectivity index (χ1n) is 10.4. The molecule has 3 rings (SSSR count). The van der Waals surface area contributed by atoms with Gasteiger partial charge >= 0.3 is 0 Å². The molecule has 0 saturated carbocycles. The molecule has 0 aliphatic rings. The fourth-order valence-corrected chi connectivity index (χ4v) is 3.42. The van der Waals surface area contributed by atoms with E-state index in [2.05, 4.69) is 61.0 Å².